The van der Waals surface area contributed by atoms with Crippen molar-refractivity contribution in [2.45, 2.75) is 17.9 Å². The number of aryl methyl sites for hydroxylation is 1. The third-order valence-corrected chi connectivity index (χ3v) is 7.16. The van der Waals surface area contributed by atoms with Gasteiger partial charge < -0.3 is 10.1 Å². The van der Waals surface area contributed by atoms with Crippen molar-refractivity contribution in [2.75, 3.05) is 37.6 Å². The first kappa shape index (κ1) is 23.9. The van der Waals surface area contributed by atoms with Crippen LogP contribution in [0.4, 0.5) is 5.69 Å². The highest BCUT2D eigenvalue weighted by molar-refractivity contribution is 7.92. The van der Waals surface area contributed by atoms with Crippen LogP contribution in [0.15, 0.2) is 83.8 Å². The standard InChI is InChI=1S/C26H29N3O4S/c1-20-10-12-21(13-11-20)25(19-29-14-16-33-17-15-29)27-26(30)22-6-5-7-23(18-22)28-34(31,32)24-8-3-2-4-9-24/h2-13,18,25,28H,14-17,19H2,1H3,(H,27,30)/t25-/m0/s1. The van der Waals surface area contributed by atoms with E-state index in [1.165, 1.54) is 12.1 Å². The Hall–Kier alpha value is -3.20. The van der Waals surface area contributed by atoms with Crippen LogP contribution in [0.25, 0.3) is 0 Å². The molecule has 1 aliphatic heterocycles. The minimum absolute atomic E-state index is 0.162. The van der Waals surface area contributed by atoms with Gasteiger partial charge in [-0.3, -0.25) is 14.4 Å². The van der Waals surface area contributed by atoms with E-state index >= 15 is 0 Å². The number of ether oxygens (including phenoxy) is 1. The number of carbonyl (C=O) groups is 1. The molecular formula is C26H29N3O4S. The van der Waals surface area contributed by atoms with Crippen molar-refractivity contribution in [1.29, 1.82) is 0 Å². The molecule has 0 bridgehead atoms. The zero-order chi connectivity index (χ0) is 24.0. The van der Waals surface area contributed by atoms with Crippen molar-refractivity contribution in [3.63, 3.8) is 0 Å². The maximum atomic E-state index is 13.2. The Morgan fingerprint density at radius 3 is 2.38 bits per heavy atom. The molecule has 1 heterocycles. The Labute approximate surface area is 200 Å². The van der Waals surface area contributed by atoms with Crippen LogP contribution in [0.1, 0.15) is 27.5 Å². The molecule has 178 valence electrons. The van der Waals surface area contributed by atoms with Gasteiger partial charge in [-0.1, -0.05) is 54.1 Å². The molecule has 0 unspecified atom stereocenters. The fourth-order valence-electron chi connectivity index (χ4n) is 3.85. The molecule has 7 nitrogen and oxygen atoms in total. The maximum Gasteiger partial charge on any atom is 0.261 e. The first-order valence-electron chi connectivity index (χ1n) is 11.3. The lowest BCUT2D eigenvalue weighted by atomic mass is 10.0. The predicted octanol–water partition coefficient (Wildman–Crippen LogP) is 3.60. The van der Waals surface area contributed by atoms with Gasteiger partial charge >= 0.3 is 0 Å². The number of amides is 1. The molecule has 3 aromatic carbocycles. The summed E-state index contributed by atoms with van der Waals surface area (Å²) in [5, 5.41) is 3.14. The smallest absolute Gasteiger partial charge is 0.261 e. The summed E-state index contributed by atoms with van der Waals surface area (Å²) in [4.78, 5) is 15.6. The summed E-state index contributed by atoms with van der Waals surface area (Å²) in [6, 6.07) is 22.6. The summed E-state index contributed by atoms with van der Waals surface area (Å²) in [6.45, 7) is 5.68. The third-order valence-electron chi connectivity index (χ3n) is 5.76. The first-order chi connectivity index (χ1) is 16.4. The summed E-state index contributed by atoms with van der Waals surface area (Å²) in [5.41, 5.74) is 2.88. The fraction of sp³-hybridized carbons (Fsp3) is 0.269. The van der Waals surface area contributed by atoms with E-state index in [2.05, 4.69) is 14.9 Å². The zero-order valence-electron chi connectivity index (χ0n) is 19.1. The number of rotatable bonds is 8. The number of carbonyl (C=O) groups excluding carboxylic acids is 1. The quantitative estimate of drug-likeness (QED) is 0.516. The number of hydrogen-bond donors (Lipinski definition) is 2. The molecule has 1 fully saturated rings. The summed E-state index contributed by atoms with van der Waals surface area (Å²) >= 11 is 0. The first-order valence-corrected chi connectivity index (χ1v) is 12.7. The lowest BCUT2D eigenvalue weighted by Gasteiger charge is -2.31. The largest absolute Gasteiger partial charge is 0.379 e. The zero-order valence-corrected chi connectivity index (χ0v) is 19.9. The van der Waals surface area contributed by atoms with Gasteiger partial charge in [0.15, 0.2) is 0 Å². The van der Waals surface area contributed by atoms with E-state index in [0.29, 0.717) is 31.0 Å². The van der Waals surface area contributed by atoms with Crippen LogP contribution in [0.2, 0.25) is 0 Å². The van der Waals surface area contributed by atoms with Crippen LogP contribution >= 0.6 is 0 Å². The highest BCUT2D eigenvalue weighted by Gasteiger charge is 2.21. The molecule has 8 heteroatoms. The fourth-order valence-corrected chi connectivity index (χ4v) is 4.92. The molecule has 0 spiro atoms. The topological polar surface area (TPSA) is 87.7 Å². The van der Waals surface area contributed by atoms with Crippen LogP contribution in [0, 0.1) is 6.92 Å². The van der Waals surface area contributed by atoms with Crippen molar-refractivity contribution in [3.8, 4) is 0 Å². The molecule has 3 aromatic rings. The van der Waals surface area contributed by atoms with Crippen LogP contribution in [0.5, 0.6) is 0 Å². The van der Waals surface area contributed by atoms with Crippen molar-refractivity contribution in [1.82, 2.24) is 10.2 Å². The van der Waals surface area contributed by atoms with Gasteiger partial charge in [-0.15, -0.1) is 0 Å². The van der Waals surface area contributed by atoms with Gasteiger partial charge in [0.2, 0.25) is 0 Å². The SMILES string of the molecule is Cc1ccc([C@H](CN2CCOCC2)NC(=O)c2cccc(NS(=O)(=O)c3ccccc3)c2)cc1. The Morgan fingerprint density at radius 2 is 1.68 bits per heavy atom. The van der Waals surface area contributed by atoms with Gasteiger partial charge in [-0.05, 0) is 42.8 Å². The van der Waals surface area contributed by atoms with Crippen LogP contribution in [0.3, 0.4) is 0 Å². The van der Waals surface area contributed by atoms with Crippen molar-refractivity contribution < 1.29 is 17.9 Å². The minimum Gasteiger partial charge on any atom is -0.379 e. The van der Waals surface area contributed by atoms with Gasteiger partial charge in [-0.25, -0.2) is 8.42 Å². The number of sulfonamides is 1. The van der Waals surface area contributed by atoms with Crippen molar-refractivity contribution in [2.24, 2.45) is 0 Å². The molecule has 1 atom stereocenters. The number of anilines is 1. The Bertz CT molecular complexity index is 1210. The highest BCUT2D eigenvalue weighted by Crippen LogP contribution is 2.20. The molecular weight excluding hydrogens is 450 g/mol. The summed E-state index contributed by atoms with van der Waals surface area (Å²) in [7, 11) is -3.75. The van der Waals surface area contributed by atoms with E-state index < -0.39 is 10.0 Å². The van der Waals surface area contributed by atoms with Gasteiger partial charge in [0, 0.05) is 30.9 Å². The Kier molecular flexibility index (Phi) is 7.62. The predicted molar refractivity (Wildman–Crippen MR) is 132 cm³/mol. The normalized spacial score (nSPS) is 15.4. The van der Waals surface area contributed by atoms with E-state index in [-0.39, 0.29) is 16.8 Å². The average molecular weight is 480 g/mol. The number of nitrogens with one attached hydrogen (secondary N) is 2. The Morgan fingerprint density at radius 1 is 0.971 bits per heavy atom. The maximum absolute atomic E-state index is 13.2. The van der Waals surface area contributed by atoms with Crippen molar-refractivity contribution >= 4 is 21.6 Å². The van der Waals surface area contributed by atoms with Crippen LogP contribution in [-0.2, 0) is 14.8 Å². The third kappa shape index (κ3) is 6.22. The molecule has 1 saturated heterocycles. The number of hydrogen-bond acceptors (Lipinski definition) is 5. The molecule has 1 amide bonds. The lowest BCUT2D eigenvalue weighted by Crippen LogP contribution is -2.43. The van der Waals surface area contributed by atoms with Gasteiger partial charge in [0.25, 0.3) is 15.9 Å². The molecule has 4 rings (SSSR count). The molecule has 2 N–H and O–H groups in total. The van der Waals surface area contributed by atoms with E-state index in [4.69, 9.17) is 4.74 Å². The van der Waals surface area contributed by atoms with Gasteiger partial charge in [0.1, 0.15) is 0 Å². The van der Waals surface area contributed by atoms with E-state index in [1.54, 1.807) is 42.5 Å². The Balaban J connectivity index is 1.51. The molecule has 34 heavy (non-hydrogen) atoms. The second-order valence-electron chi connectivity index (χ2n) is 8.35. The lowest BCUT2D eigenvalue weighted by molar-refractivity contribution is 0.0332. The second kappa shape index (κ2) is 10.8. The van der Waals surface area contributed by atoms with Crippen LogP contribution in [-0.4, -0.2) is 52.1 Å². The summed E-state index contributed by atoms with van der Waals surface area (Å²) < 4.78 is 33.3. The van der Waals surface area contributed by atoms with Crippen LogP contribution < -0.4 is 10.0 Å². The minimum atomic E-state index is -3.75. The highest BCUT2D eigenvalue weighted by atomic mass is 32.2. The van der Waals surface area contributed by atoms with E-state index in [1.807, 2.05) is 31.2 Å². The number of nitrogens with zero attached hydrogens (tertiary/aromatic N) is 1. The monoisotopic (exact) mass is 479 g/mol. The van der Waals surface area contributed by atoms with Gasteiger partial charge in [0.05, 0.1) is 24.2 Å². The summed E-state index contributed by atoms with van der Waals surface area (Å²) in [5.74, 6) is -0.264. The van der Waals surface area contributed by atoms with E-state index in [0.717, 1.165) is 24.2 Å². The number of benzene rings is 3. The van der Waals surface area contributed by atoms with Crippen molar-refractivity contribution in [3.05, 3.63) is 95.6 Å². The average Bonchev–Trinajstić information content (AvgIpc) is 2.85. The summed E-state index contributed by atoms with van der Waals surface area (Å²) in [6.07, 6.45) is 0. The molecule has 0 aromatic heterocycles. The van der Waals surface area contributed by atoms with Gasteiger partial charge in [-0.2, -0.15) is 0 Å². The second-order valence-corrected chi connectivity index (χ2v) is 10.0. The molecule has 0 radical (unpaired) electrons. The molecule has 0 saturated carbocycles. The molecule has 0 aliphatic carbocycles. The van der Waals surface area contributed by atoms with E-state index in [9.17, 15) is 13.2 Å². The number of morpholine rings is 1. The molecule has 1 aliphatic rings.